The van der Waals surface area contributed by atoms with Crippen molar-refractivity contribution in [3.63, 3.8) is 0 Å². The third kappa shape index (κ3) is 7.07. The van der Waals surface area contributed by atoms with Crippen molar-refractivity contribution in [2.45, 2.75) is 46.2 Å². The molecular formula is C26H34ClN3O6S. The topological polar surface area (TPSA) is 105 Å². The molecule has 2 amide bonds. The normalized spacial score (nSPS) is 13.5. The molecule has 1 aliphatic rings. The molecule has 0 fully saturated rings. The van der Waals surface area contributed by atoms with Gasteiger partial charge in [-0.1, -0.05) is 43.6 Å². The number of carbonyl (C=O) groups is 2. The van der Waals surface area contributed by atoms with Gasteiger partial charge in [0.05, 0.1) is 11.4 Å². The summed E-state index contributed by atoms with van der Waals surface area (Å²) in [5.41, 5.74) is 0.934. The van der Waals surface area contributed by atoms with E-state index in [4.69, 9.17) is 21.1 Å². The second-order valence-corrected chi connectivity index (χ2v) is 11.2. The molecule has 0 radical (unpaired) electrons. The Morgan fingerprint density at radius 1 is 1.05 bits per heavy atom. The lowest BCUT2D eigenvalue weighted by atomic mass is 10.1. The maximum Gasteiger partial charge on any atom is 0.244 e. The molecule has 0 aromatic heterocycles. The lowest BCUT2D eigenvalue weighted by Gasteiger charge is -2.33. The van der Waals surface area contributed by atoms with Crippen molar-refractivity contribution >= 4 is 39.1 Å². The van der Waals surface area contributed by atoms with E-state index in [1.165, 1.54) is 11.8 Å². The highest BCUT2D eigenvalue weighted by Crippen LogP contribution is 2.35. The van der Waals surface area contributed by atoms with Crippen LogP contribution in [0.5, 0.6) is 11.5 Å². The zero-order valence-electron chi connectivity index (χ0n) is 21.4. The number of hydrogen-bond donors (Lipinski definition) is 1. The van der Waals surface area contributed by atoms with Gasteiger partial charge in [0.2, 0.25) is 21.8 Å². The molecule has 0 saturated carbocycles. The molecule has 0 bridgehead atoms. The molecule has 0 spiro atoms. The van der Waals surface area contributed by atoms with Crippen LogP contribution >= 0.6 is 11.6 Å². The van der Waals surface area contributed by atoms with Gasteiger partial charge in [-0.2, -0.15) is 0 Å². The molecule has 202 valence electrons. The van der Waals surface area contributed by atoms with E-state index in [1.54, 1.807) is 42.5 Å². The fourth-order valence-electron chi connectivity index (χ4n) is 4.00. The summed E-state index contributed by atoms with van der Waals surface area (Å²) < 4.78 is 38.5. The number of fused-ring (bicyclic) bond motifs is 1. The quantitative estimate of drug-likeness (QED) is 0.432. The first-order chi connectivity index (χ1) is 17.7. The maximum absolute atomic E-state index is 13.8. The molecule has 2 aromatic rings. The Morgan fingerprint density at radius 3 is 2.41 bits per heavy atom. The highest BCUT2D eigenvalue weighted by molar-refractivity contribution is 7.92. The van der Waals surface area contributed by atoms with Crippen molar-refractivity contribution < 1.29 is 27.5 Å². The van der Waals surface area contributed by atoms with E-state index in [0.717, 1.165) is 10.7 Å². The second-order valence-electron chi connectivity index (χ2n) is 8.56. The molecule has 2 aromatic carbocycles. The number of nitrogens with zero attached hydrogens (tertiary/aromatic N) is 2. The van der Waals surface area contributed by atoms with E-state index in [-0.39, 0.29) is 23.9 Å². The van der Waals surface area contributed by atoms with E-state index in [2.05, 4.69) is 5.32 Å². The smallest absolute Gasteiger partial charge is 0.244 e. The van der Waals surface area contributed by atoms with Gasteiger partial charge in [-0.3, -0.25) is 13.9 Å². The summed E-state index contributed by atoms with van der Waals surface area (Å²) in [6.45, 7) is 6.04. The highest BCUT2D eigenvalue weighted by Gasteiger charge is 2.33. The van der Waals surface area contributed by atoms with Crippen molar-refractivity contribution in [3.05, 3.63) is 53.1 Å². The fourth-order valence-corrected chi connectivity index (χ4v) is 5.25. The third-order valence-electron chi connectivity index (χ3n) is 6.03. The average molecular weight is 552 g/mol. The number of hydrogen-bond acceptors (Lipinski definition) is 6. The fraction of sp³-hybridized carbons (Fsp3) is 0.462. The number of amides is 2. The largest absolute Gasteiger partial charge is 0.486 e. The number of rotatable bonds is 12. The third-order valence-corrected chi connectivity index (χ3v) is 8.14. The Bertz CT molecular complexity index is 1210. The zero-order valence-corrected chi connectivity index (χ0v) is 23.0. The van der Waals surface area contributed by atoms with Gasteiger partial charge in [0.25, 0.3) is 0 Å². The van der Waals surface area contributed by atoms with Gasteiger partial charge in [0.1, 0.15) is 25.8 Å². The van der Waals surface area contributed by atoms with Gasteiger partial charge in [-0.15, -0.1) is 0 Å². The molecule has 1 aliphatic heterocycles. The van der Waals surface area contributed by atoms with Gasteiger partial charge in [-0.05, 0) is 43.5 Å². The first-order valence-corrected chi connectivity index (χ1v) is 14.4. The Balaban J connectivity index is 1.98. The van der Waals surface area contributed by atoms with Gasteiger partial charge in [0.15, 0.2) is 11.5 Å². The van der Waals surface area contributed by atoms with Crippen LogP contribution in [0.15, 0.2) is 42.5 Å². The van der Waals surface area contributed by atoms with E-state index in [0.29, 0.717) is 48.3 Å². The van der Waals surface area contributed by atoms with E-state index < -0.39 is 28.5 Å². The monoisotopic (exact) mass is 551 g/mol. The number of ether oxygens (including phenoxy) is 2. The van der Waals surface area contributed by atoms with Crippen molar-refractivity contribution in [3.8, 4) is 11.5 Å². The van der Waals surface area contributed by atoms with Gasteiger partial charge in [0, 0.05) is 24.2 Å². The van der Waals surface area contributed by atoms with Crippen LogP contribution in [0.1, 0.15) is 39.2 Å². The van der Waals surface area contributed by atoms with Crippen molar-refractivity contribution in [2.24, 2.45) is 0 Å². The molecule has 1 heterocycles. The number of carbonyl (C=O) groups excluding carboxylic acids is 2. The number of halogens is 1. The molecule has 37 heavy (non-hydrogen) atoms. The van der Waals surface area contributed by atoms with Crippen LogP contribution in [0.3, 0.4) is 0 Å². The van der Waals surface area contributed by atoms with E-state index >= 15 is 0 Å². The minimum Gasteiger partial charge on any atom is -0.486 e. The minimum atomic E-state index is -3.85. The van der Waals surface area contributed by atoms with Crippen molar-refractivity contribution in [1.29, 1.82) is 0 Å². The molecule has 3 rings (SSSR count). The van der Waals surface area contributed by atoms with E-state index in [9.17, 15) is 18.0 Å². The van der Waals surface area contributed by atoms with Crippen LogP contribution in [0.25, 0.3) is 0 Å². The number of anilines is 1. The summed E-state index contributed by atoms with van der Waals surface area (Å²) in [7, 11) is -3.85. The predicted octanol–water partition coefficient (Wildman–Crippen LogP) is 3.60. The molecule has 0 saturated heterocycles. The molecule has 0 aliphatic carbocycles. The molecule has 1 N–H and O–H groups in total. The van der Waals surface area contributed by atoms with Crippen LogP contribution in [0, 0.1) is 0 Å². The predicted molar refractivity (Wildman–Crippen MR) is 144 cm³/mol. The first kappa shape index (κ1) is 28.6. The van der Waals surface area contributed by atoms with Crippen LogP contribution in [0.2, 0.25) is 5.02 Å². The maximum atomic E-state index is 13.8. The summed E-state index contributed by atoms with van der Waals surface area (Å²) in [6, 6.07) is 11.0. The summed E-state index contributed by atoms with van der Waals surface area (Å²) >= 11 is 6.38. The second kappa shape index (κ2) is 13.0. The highest BCUT2D eigenvalue weighted by atomic mass is 35.5. The zero-order chi connectivity index (χ0) is 27.0. The molecule has 11 heteroatoms. The summed E-state index contributed by atoms with van der Waals surface area (Å²) in [6.07, 6.45) is 1.09. The summed E-state index contributed by atoms with van der Waals surface area (Å²) in [4.78, 5) is 28.2. The van der Waals surface area contributed by atoms with Crippen LogP contribution in [0.4, 0.5) is 5.69 Å². The standard InChI is InChI=1S/C26H34ClN3O6S/c1-4-13-28-26(32)22(5-2)29(17-19-9-7-8-10-21(19)27)25(31)18-30(37(33,34)6-3)20-11-12-23-24(16-20)36-15-14-35-23/h7-12,16,22H,4-6,13-15,17-18H2,1-3H3,(H,28,32). The SMILES string of the molecule is CCCNC(=O)C(CC)N(Cc1ccccc1Cl)C(=O)CN(c1ccc2c(c1)OCCO2)S(=O)(=O)CC. The Hall–Kier alpha value is -2.98. The number of nitrogens with one attached hydrogen (secondary N) is 1. The Kier molecular flexibility index (Phi) is 10.0. The number of benzene rings is 2. The summed E-state index contributed by atoms with van der Waals surface area (Å²) in [5, 5.41) is 3.30. The molecule has 9 nitrogen and oxygen atoms in total. The van der Waals surface area contributed by atoms with Gasteiger partial charge in [-0.25, -0.2) is 8.42 Å². The van der Waals surface area contributed by atoms with Crippen LogP contribution < -0.4 is 19.1 Å². The van der Waals surface area contributed by atoms with Gasteiger partial charge >= 0.3 is 0 Å². The van der Waals surface area contributed by atoms with E-state index in [1.807, 2.05) is 13.8 Å². The lowest BCUT2D eigenvalue weighted by molar-refractivity contribution is -0.140. The van der Waals surface area contributed by atoms with Crippen LogP contribution in [-0.4, -0.2) is 63.2 Å². The molecule has 1 atom stereocenters. The van der Waals surface area contributed by atoms with Crippen LogP contribution in [-0.2, 0) is 26.2 Å². The summed E-state index contributed by atoms with van der Waals surface area (Å²) in [5.74, 6) is -0.118. The molecular weight excluding hydrogens is 518 g/mol. The van der Waals surface area contributed by atoms with Gasteiger partial charge < -0.3 is 19.7 Å². The van der Waals surface area contributed by atoms with Crippen molar-refractivity contribution in [1.82, 2.24) is 10.2 Å². The average Bonchev–Trinajstić information content (AvgIpc) is 2.90. The Labute approximate surface area is 223 Å². The first-order valence-electron chi connectivity index (χ1n) is 12.4. The van der Waals surface area contributed by atoms with Crippen molar-refractivity contribution in [2.75, 3.05) is 36.4 Å². The number of sulfonamides is 1. The lowest BCUT2D eigenvalue weighted by Crippen LogP contribution is -2.52. The Morgan fingerprint density at radius 2 is 1.76 bits per heavy atom. The molecule has 1 unspecified atom stereocenters. The minimum absolute atomic E-state index is 0.0533.